The number of aliphatic hydroxyl groups is 1. The molecular weight excluding hydrogens is 250 g/mol. The number of aliphatic hydroxyl groups excluding tert-OH is 1. The van der Waals surface area contributed by atoms with Crippen LogP contribution in [0.4, 0.5) is 5.69 Å². The number of rotatable bonds is 5. The van der Waals surface area contributed by atoms with Crippen molar-refractivity contribution in [2.24, 2.45) is 5.92 Å². The van der Waals surface area contributed by atoms with Crippen LogP contribution >= 0.6 is 0 Å². The van der Waals surface area contributed by atoms with E-state index < -0.39 is 16.9 Å². The summed E-state index contributed by atoms with van der Waals surface area (Å²) in [6.45, 7) is 3.72. The number of benzene rings is 1. The molecule has 0 radical (unpaired) electrons. The molecular formula is C13H19NO3S. The Labute approximate surface area is 110 Å². The SMILES string of the molecule is CC(C)C(O)CC(=O)Nc1cccc(S(C)=O)c1. The number of carbonyl (C=O) groups is 1. The van der Waals surface area contributed by atoms with Crippen LogP contribution in [0.25, 0.3) is 0 Å². The molecule has 2 atom stereocenters. The lowest BCUT2D eigenvalue weighted by atomic mass is 10.0. The average molecular weight is 269 g/mol. The van der Waals surface area contributed by atoms with Crippen molar-refractivity contribution < 1.29 is 14.1 Å². The van der Waals surface area contributed by atoms with Gasteiger partial charge in [-0.05, 0) is 24.1 Å². The van der Waals surface area contributed by atoms with E-state index in [-0.39, 0.29) is 18.2 Å². The summed E-state index contributed by atoms with van der Waals surface area (Å²) in [7, 11) is -1.07. The van der Waals surface area contributed by atoms with E-state index in [1.54, 1.807) is 30.5 Å². The Bertz CT molecular complexity index is 446. The summed E-state index contributed by atoms with van der Waals surface area (Å²) in [4.78, 5) is 12.3. The summed E-state index contributed by atoms with van der Waals surface area (Å²) in [5.41, 5.74) is 0.601. The van der Waals surface area contributed by atoms with Gasteiger partial charge in [0.05, 0.1) is 12.5 Å². The molecule has 0 bridgehead atoms. The standard InChI is InChI=1S/C13H19NO3S/c1-9(2)12(15)8-13(16)14-10-5-4-6-11(7-10)18(3)17/h4-7,9,12,15H,8H2,1-3H3,(H,14,16). The second kappa shape index (κ2) is 6.66. The molecule has 5 heteroatoms. The number of carbonyl (C=O) groups excluding carboxylic acids is 1. The topological polar surface area (TPSA) is 66.4 Å². The van der Waals surface area contributed by atoms with E-state index in [4.69, 9.17) is 0 Å². The third kappa shape index (κ3) is 4.58. The molecule has 18 heavy (non-hydrogen) atoms. The Balaban J connectivity index is 2.65. The molecule has 0 aliphatic rings. The number of anilines is 1. The number of hydrogen-bond donors (Lipinski definition) is 2. The second-order valence-corrected chi connectivity index (χ2v) is 5.93. The summed E-state index contributed by atoms with van der Waals surface area (Å²) in [5, 5.41) is 12.3. The lowest BCUT2D eigenvalue weighted by Gasteiger charge is -2.14. The highest BCUT2D eigenvalue weighted by atomic mass is 32.2. The number of nitrogens with one attached hydrogen (secondary N) is 1. The van der Waals surface area contributed by atoms with Gasteiger partial charge < -0.3 is 10.4 Å². The van der Waals surface area contributed by atoms with Gasteiger partial charge in [-0.25, -0.2) is 0 Å². The van der Waals surface area contributed by atoms with Gasteiger partial charge in [-0.2, -0.15) is 0 Å². The molecule has 1 aromatic carbocycles. The van der Waals surface area contributed by atoms with E-state index in [1.165, 1.54) is 0 Å². The molecule has 0 aliphatic carbocycles. The molecule has 0 aliphatic heterocycles. The van der Waals surface area contributed by atoms with Crippen LogP contribution < -0.4 is 5.32 Å². The third-order valence-corrected chi connectivity index (χ3v) is 3.53. The predicted molar refractivity (Wildman–Crippen MR) is 72.9 cm³/mol. The Morgan fingerprint density at radius 2 is 2.11 bits per heavy atom. The maximum Gasteiger partial charge on any atom is 0.226 e. The molecule has 0 saturated carbocycles. The summed E-state index contributed by atoms with van der Waals surface area (Å²) < 4.78 is 11.3. The van der Waals surface area contributed by atoms with Gasteiger partial charge in [0.2, 0.25) is 5.91 Å². The van der Waals surface area contributed by atoms with Crippen molar-refractivity contribution in [2.45, 2.75) is 31.3 Å². The first-order valence-corrected chi connectivity index (χ1v) is 7.37. The first-order valence-electron chi connectivity index (χ1n) is 5.81. The molecule has 1 rings (SSSR count). The molecule has 0 heterocycles. The van der Waals surface area contributed by atoms with Crippen molar-refractivity contribution in [3.8, 4) is 0 Å². The van der Waals surface area contributed by atoms with E-state index in [0.29, 0.717) is 10.6 Å². The maximum absolute atomic E-state index is 11.7. The molecule has 1 aromatic rings. The molecule has 1 amide bonds. The minimum atomic E-state index is -1.07. The average Bonchev–Trinajstić information content (AvgIpc) is 2.28. The van der Waals surface area contributed by atoms with Gasteiger partial charge in [0, 0.05) is 27.6 Å². The van der Waals surface area contributed by atoms with Crippen molar-refractivity contribution in [3.63, 3.8) is 0 Å². The van der Waals surface area contributed by atoms with Gasteiger partial charge in [0.25, 0.3) is 0 Å². The van der Waals surface area contributed by atoms with Gasteiger partial charge in [-0.15, -0.1) is 0 Å². The Kier molecular flexibility index (Phi) is 5.50. The van der Waals surface area contributed by atoms with Crippen LogP contribution in [0.15, 0.2) is 29.2 Å². The molecule has 2 N–H and O–H groups in total. The van der Waals surface area contributed by atoms with Crippen LogP contribution in [0.3, 0.4) is 0 Å². The minimum Gasteiger partial charge on any atom is -0.392 e. The van der Waals surface area contributed by atoms with Crippen molar-refractivity contribution in [1.29, 1.82) is 0 Å². The van der Waals surface area contributed by atoms with Crippen molar-refractivity contribution in [1.82, 2.24) is 0 Å². The van der Waals surface area contributed by atoms with Crippen molar-refractivity contribution in [2.75, 3.05) is 11.6 Å². The highest BCUT2D eigenvalue weighted by Crippen LogP contribution is 2.14. The minimum absolute atomic E-state index is 0.0465. The monoisotopic (exact) mass is 269 g/mol. The van der Waals surface area contributed by atoms with Crippen LogP contribution in [0.1, 0.15) is 20.3 Å². The molecule has 4 nitrogen and oxygen atoms in total. The molecule has 0 spiro atoms. The molecule has 2 unspecified atom stereocenters. The number of hydrogen-bond acceptors (Lipinski definition) is 3. The Morgan fingerprint density at radius 3 is 2.67 bits per heavy atom. The normalized spacial score (nSPS) is 14.3. The molecule has 0 aromatic heterocycles. The smallest absolute Gasteiger partial charge is 0.226 e. The van der Waals surface area contributed by atoms with Crippen molar-refractivity contribution >= 4 is 22.4 Å². The first kappa shape index (κ1) is 14.9. The molecule has 0 saturated heterocycles. The fourth-order valence-corrected chi connectivity index (χ4v) is 1.95. The lowest BCUT2D eigenvalue weighted by molar-refractivity contribution is -0.118. The van der Waals surface area contributed by atoms with E-state index in [2.05, 4.69) is 5.32 Å². The first-order chi connectivity index (χ1) is 8.40. The van der Waals surface area contributed by atoms with Crippen molar-refractivity contribution in [3.05, 3.63) is 24.3 Å². The highest BCUT2D eigenvalue weighted by molar-refractivity contribution is 7.84. The van der Waals surface area contributed by atoms with Gasteiger partial charge in [0.15, 0.2) is 0 Å². The van der Waals surface area contributed by atoms with Crippen LogP contribution in [0, 0.1) is 5.92 Å². The fourth-order valence-electron chi connectivity index (χ4n) is 1.39. The van der Waals surface area contributed by atoms with Crippen LogP contribution in [-0.2, 0) is 15.6 Å². The Hall–Kier alpha value is -1.20. The molecule has 0 fully saturated rings. The van der Waals surface area contributed by atoms with E-state index in [9.17, 15) is 14.1 Å². The summed E-state index contributed by atoms with van der Waals surface area (Å²) in [5.74, 6) is -0.194. The van der Waals surface area contributed by atoms with E-state index >= 15 is 0 Å². The third-order valence-electron chi connectivity index (χ3n) is 2.61. The van der Waals surface area contributed by atoms with Gasteiger partial charge in [-0.3, -0.25) is 9.00 Å². The summed E-state index contributed by atoms with van der Waals surface area (Å²) in [6, 6.07) is 6.89. The zero-order valence-corrected chi connectivity index (χ0v) is 11.7. The largest absolute Gasteiger partial charge is 0.392 e. The summed E-state index contributed by atoms with van der Waals surface area (Å²) in [6.07, 6.45) is 1.01. The van der Waals surface area contributed by atoms with Gasteiger partial charge in [-0.1, -0.05) is 19.9 Å². The van der Waals surface area contributed by atoms with Crippen LogP contribution in [0.5, 0.6) is 0 Å². The van der Waals surface area contributed by atoms with Crippen LogP contribution in [-0.4, -0.2) is 27.6 Å². The predicted octanol–water partition coefficient (Wildman–Crippen LogP) is 1.77. The van der Waals surface area contributed by atoms with Gasteiger partial charge in [0.1, 0.15) is 0 Å². The van der Waals surface area contributed by atoms with Crippen LogP contribution in [0.2, 0.25) is 0 Å². The fraction of sp³-hybridized carbons (Fsp3) is 0.462. The highest BCUT2D eigenvalue weighted by Gasteiger charge is 2.14. The lowest BCUT2D eigenvalue weighted by Crippen LogP contribution is -2.23. The van der Waals surface area contributed by atoms with E-state index in [1.807, 2.05) is 13.8 Å². The Morgan fingerprint density at radius 1 is 1.44 bits per heavy atom. The van der Waals surface area contributed by atoms with Gasteiger partial charge >= 0.3 is 0 Å². The number of amides is 1. The van der Waals surface area contributed by atoms with E-state index in [0.717, 1.165) is 0 Å². The molecule has 100 valence electrons. The zero-order chi connectivity index (χ0) is 13.7. The quantitative estimate of drug-likeness (QED) is 0.856. The zero-order valence-electron chi connectivity index (χ0n) is 10.8. The maximum atomic E-state index is 11.7. The summed E-state index contributed by atoms with van der Waals surface area (Å²) >= 11 is 0. The second-order valence-electron chi connectivity index (χ2n) is 4.55.